The van der Waals surface area contributed by atoms with E-state index in [1.54, 1.807) is 25.7 Å². The molecule has 240 valence electrons. The summed E-state index contributed by atoms with van der Waals surface area (Å²) < 4.78 is 30.5. The first kappa shape index (κ1) is 33.1. The molecule has 3 amide bonds. The summed E-state index contributed by atoms with van der Waals surface area (Å²) in [4.78, 5) is 41.0. The lowest BCUT2D eigenvalue weighted by Crippen LogP contribution is -2.50. The van der Waals surface area contributed by atoms with Crippen molar-refractivity contribution in [2.24, 2.45) is 5.92 Å². The molecule has 0 bridgehead atoms. The highest BCUT2D eigenvalue weighted by Crippen LogP contribution is 2.25. The Morgan fingerprint density at radius 3 is 2.05 bits per heavy atom. The van der Waals surface area contributed by atoms with Gasteiger partial charge in [0.15, 0.2) is 0 Å². The van der Waals surface area contributed by atoms with Crippen LogP contribution >= 0.6 is 0 Å². The third kappa shape index (κ3) is 9.86. The minimum absolute atomic E-state index is 0.0398. The molecule has 9 nitrogen and oxygen atoms in total. The number of nitrogens with one attached hydrogen (secondary N) is 1. The Balaban J connectivity index is 1.31. The molecule has 2 saturated heterocycles. The average Bonchev–Trinajstić information content (AvgIpc) is 3.41. The second-order valence-electron chi connectivity index (χ2n) is 13.0. The van der Waals surface area contributed by atoms with Gasteiger partial charge in [0.1, 0.15) is 23.6 Å². The first-order valence-electron chi connectivity index (χ1n) is 15.6. The van der Waals surface area contributed by atoms with Crippen LogP contribution in [0.2, 0.25) is 0 Å². The fourth-order valence-electron chi connectivity index (χ4n) is 5.37. The first-order chi connectivity index (χ1) is 20.9. The Hall–Kier alpha value is -3.82. The molecule has 2 fully saturated rings. The van der Waals surface area contributed by atoms with Crippen molar-refractivity contribution < 1.29 is 33.0 Å². The molecule has 0 saturated carbocycles. The number of likely N-dealkylation sites (tertiary alicyclic amines) is 2. The molecule has 10 heteroatoms. The lowest BCUT2D eigenvalue weighted by molar-refractivity contribution is -0.132. The van der Waals surface area contributed by atoms with Crippen LogP contribution in [0.5, 0.6) is 5.75 Å². The molecular formula is C34H46FN3O6. The molecule has 4 rings (SSSR count). The highest BCUT2D eigenvalue weighted by molar-refractivity contribution is 5.86. The van der Waals surface area contributed by atoms with Gasteiger partial charge in [0.25, 0.3) is 0 Å². The minimum Gasteiger partial charge on any atom is -0.493 e. The van der Waals surface area contributed by atoms with Gasteiger partial charge in [-0.2, -0.15) is 0 Å². The van der Waals surface area contributed by atoms with Crippen LogP contribution in [0.3, 0.4) is 0 Å². The van der Waals surface area contributed by atoms with Crippen LogP contribution in [-0.2, 0) is 20.7 Å². The highest BCUT2D eigenvalue weighted by atomic mass is 19.1. The number of alkyl carbamates (subject to hydrolysis) is 1. The van der Waals surface area contributed by atoms with E-state index < -0.39 is 23.9 Å². The first-order valence-corrected chi connectivity index (χ1v) is 15.6. The van der Waals surface area contributed by atoms with Gasteiger partial charge in [0.05, 0.1) is 19.3 Å². The maximum atomic E-state index is 13.8. The van der Waals surface area contributed by atoms with Crippen molar-refractivity contribution >= 4 is 18.1 Å². The van der Waals surface area contributed by atoms with E-state index in [4.69, 9.17) is 14.2 Å². The molecule has 0 spiro atoms. The van der Waals surface area contributed by atoms with Crippen LogP contribution in [0.1, 0.15) is 59.4 Å². The topological polar surface area (TPSA) is 97.4 Å². The molecule has 0 unspecified atom stereocenters. The van der Waals surface area contributed by atoms with Gasteiger partial charge in [-0.05, 0) is 88.6 Å². The molecule has 0 aromatic heterocycles. The van der Waals surface area contributed by atoms with Gasteiger partial charge in [-0.25, -0.2) is 14.0 Å². The van der Waals surface area contributed by atoms with Crippen LogP contribution in [0.25, 0.3) is 11.1 Å². The second kappa shape index (κ2) is 14.8. The predicted molar refractivity (Wildman–Crippen MR) is 166 cm³/mol. The van der Waals surface area contributed by atoms with Gasteiger partial charge in [-0.3, -0.25) is 4.79 Å². The maximum Gasteiger partial charge on any atom is 0.410 e. The number of halogens is 1. The average molecular weight is 612 g/mol. The Morgan fingerprint density at radius 1 is 0.909 bits per heavy atom. The number of carbonyl (C=O) groups is 3. The van der Waals surface area contributed by atoms with Crippen LogP contribution in [0.4, 0.5) is 14.0 Å². The van der Waals surface area contributed by atoms with Crippen molar-refractivity contribution in [1.29, 1.82) is 0 Å². The number of alkyl halides is 1. The van der Waals surface area contributed by atoms with Gasteiger partial charge in [-0.1, -0.05) is 36.4 Å². The van der Waals surface area contributed by atoms with E-state index in [1.165, 1.54) is 4.90 Å². The normalized spacial score (nSPS) is 18.2. The molecule has 0 aliphatic carbocycles. The SMILES string of the molecule is CC(C)OC(=O)N1CCC(COc2ccc(-c3ccc(C[C@H](NC(=O)OC(C)(C)C)C(=O)N4CC[C@H](F)C4)cc3)cc2)CC1. The molecule has 2 atom stereocenters. The van der Waals surface area contributed by atoms with E-state index in [0.717, 1.165) is 35.3 Å². The number of amides is 3. The van der Waals surface area contributed by atoms with Gasteiger partial charge in [0, 0.05) is 26.1 Å². The van der Waals surface area contributed by atoms with Crippen molar-refractivity contribution in [1.82, 2.24) is 15.1 Å². The maximum absolute atomic E-state index is 13.8. The van der Waals surface area contributed by atoms with E-state index in [0.29, 0.717) is 38.6 Å². The Kier molecular flexibility index (Phi) is 11.1. The number of ether oxygens (including phenoxy) is 3. The monoisotopic (exact) mass is 611 g/mol. The molecular weight excluding hydrogens is 565 g/mol. The number of rotatable bonds is 9. The smallest absolute Gasteiger partial charge is 0.410 e. The summed E-state index contributed by atoms with van der Waals surface area (Å²) in [5.74, 6) is 0.864. The molecule has 44 heavy (non-hydrogen) atoms. The van der Waals surface area contributed by atoms with Gasteiger partial charge in [0.2, 0.25) is 5.91 Å². The summed E-state index contributed by atoms with van der Waals surface area (Å²) in [7, 11) is 0. The predicted octanol–water partition coefficient (Wildman–Crippen LogP) is 6.00. The van der Waals surface area contributed by atoms with Crippen LogP contribution < -0.4 is 10.1 Å². The summed E-state index contributed by atoms with van der Waals surface area (Å²) in [5, 5.41) is 2.70. The molecule has 2 aliphatic rings. The molecule has 0 radical (unpaired) electrons. The van der Waals surface area contributed by atoms with E-state index in [2.05, 4.69) is 5.32 Å². The third-order valence-electron chi connectivity index (χ3n) is 7.71. The number of benzene rings is 2. The van der Waals surface area contributed by atoms with Gasteiger partial charge in [-0.15, -0.1) is 0 Å². The van der Waals surface area contributed by atoms with E-state index >= 15 is 0 Å². The fourth-order valence-corrected chi connectivity index (χ4v) is 5.37. The number of carbonyl (C=O) groups excluding carboxylic acids is 3. The van der Waals surface area contributed by atoms with Gasteiger partial charge >= 0.3 is 12.2 Å². The minimum atomic E-state index is -1.04. The standard InChI is InChI=1S/C34H46FN3O6/c1-23(2)43-33(41)37-17-14-25(15-18-37)22-42-29-12-10-27(11-13-29)26-8-6-24(7-9-26)20-30(36-32(40)44-34(3,4)5)31(39)38-19-16-28(35)21-38/h6-13,23,25,28,30H,14-22H2,1-5H3,(H,36,40)/t28-,30-/m0/s1. The van der Waals surface area contributed by atoms with Crippen molar-refractivity contribution in [3.05, 3.63) is 54.1 Å². The zero-order valence-electron chi connectivity index (χ0n) is 26.5. The molecule has 1 N–H and O–H groups in total. The number of nitrogens with zero attached hydrogens (tertiary/aromatic N) is 2. The van der Waals surface area contributed by atoms with Crippen LogP contribution in [0.15, 0.2) is 48.5 Å². The van der Waals surface area contributed by atoms with Gasteiger partial charge < -0.3 is 29.3 Å². The van der Waals surface area contributed by atoms with E-state index in [1.807, 2.05) is 62.4 Å². The third-order valence-corrected chi connectivity index (χ3v) is 7.71. The number of piperidine rings is 1. The van der Waals surface area contributed by atoms with Crippen LogP contribution in [-0.4, -0.2) is 84.6 Å². The Morgan fingerprint density at radius 2 is 1.50 bits per heavy atom. The van der Waals surface area contributed by atoms with Crippen molar-refractivity contribution in [2.75, 3.05) is 32.8 Å². The summed E-state index contributed by atoms with van der Waals surface area (Å²) >= 11 is 0. The number of hydrogen-bond donors (Lipinski definition) is 1. The zero-order valence-corrected chi connectivity index (χ0v) is 26.5. The van der Waals surface area contributed by atoms with Crippen molar-refractivity contribution in [3.8, 4) is 16.9 Å². The fraction of sp³-hybridized carbons (Fsp3) is 0.559. The van der Waals surface area contributed by atoms with Crippen LogP contribution in [0, 0.1) is 5.92 Å². The molecule has 2 aliphatic heterocycles. The van der Waals surface area contributed by atoms with Crippen molar-refractivity contribution in [3.63, 3.8) is 0 Å². The largest absolute Gasteiger partial charge is 0.493 e. The summed E-state index contributed by atoms with van der Waals surface area (Å²) in [6, 6.07) is 14.9. The zero-order chi connectivity index (χ0) is 31.9. The summed E-state index contributed by atoms with van der Waals surface area (Å²) in [6.07, 6.45) is 0.243. The highest BCUT2D eigenvalue weighted by Gasteiger charge is 2.33. The molecule has 2 heterocycles. The number of hydrogen-bond acceptors (Lipinski definition) is 6. The lowest BCUT2D eigenvalue weighted by atomic mass is 9.98. The van der Waals surface area contributed by atoms with E-state index in [-0.39, 0.29) is 31.1 Å². The quantitative estimate of drug-likeness (QED) is 0.374. The molecule has 2 aromatic carbocycles. The summed E-state index contributed by atoms with van der Waals surface area (Å²) in [5.41, 5.74) is 2.18. The van der Waals surface area contributed by atoms with Crippen molar-refractivity contribution in [2.45, 2.75) is 84.2 Å². The Labute approximate surface area is 260 Å². The lowest BCUT2D eigenvalue weighted by Gasteiger charge is -2.31. The molecule has 2 aromatic rings. The van der Waals surface area contributed by atoms with E-state index in [9.17, 15) is 18.8 Å². The summed E-state index contributed by atoms with van der Waals surface area (Å²) in [6.45, 7) is 11.3. The Bertz CT molecular complexity index is 1250. The second-order valence-corrected chi connectivity index (χ2v) is 13.0.